The predicted molar refractivity (Wildman–Crippen MR) is 103 cm³/mol. The van der Waals surface area contributed by atoms with Crippen LogP contribution in [0, 0.1) is 0 Å². The molecule has 2 amide bonds. The van der Waals surface area contributed by atoms with Crippen LogP contribution in [0.4, 0.5) is 0 Å². The smallest absolute Gasteiger partial charge is 0.271 e. The van der Waals surface area contributed by atoms with Crippen LogP contribution in [-0.2, 0) is 14.8 Å². The summed E-state index contributed by atoms with van der Waals surface area (Å²) in [7, 11) is -3.63. The van der Waals surface area contributed by atoms with Crippen molar-refractivity contribution in [1.82, 2.24) is 14.6 Å². The number of nitrogens with zero attached hydrogens (tertiary/aromatic N) is 3. The number of hydrazone groups is 1. The van der Waals surface area contributed by atoms with E-state index < -0.39 is 15.9 Å². The average Bonchev–Trinajstić information content (AvgIpc) is 2.67. The molecule has 0 bridgehead atoms. The van der Waals surface area contributed by atoms with E-state index in [1.54, 1.807) is 30.9 Å². The Hall–Kier alpha value is -2.26. The van der Waals surface area contributed by atoms with Crippen LogP contribution in [0.1, 0.15) is 44.0 Å². The van der Waals surface area contributed by atoms with Crippen molar-refractivity contribution in [3.8, 4) is 0 Å². The Morgan fingerprint density at radius 1 is 1.19 bits per heavy atom. The Balaban J connectivity index is 2.08. The van der Waals surface area contributed by atoms with Crippen LogP contribution in [0.15, 0.2) is 34.3 Å². The molecule has 0 radical (unpaired) electrons. The van der Waals surface area contributed by atoms with Crippen LogP contribution < -0.4 is 5.43 Å². The highest BCUT2D eigenvalue weighted by atomic mass is 32.2. The fraction of sp³-hybridized carbons (Fsp3) is 0.500. The van der Waals surface area contributed by atoms with Gasteiger partial charge in [-0.15, -0.1) is 0 Å². The van der Waals surface area contributed by atoms with Gasteiger partial charge in [0.25, 0.3) is 5.91 Å². The summed E-state index contributed by atoms with van der Waals surface area (Å²) < 4.78 is 26.5. The van der Waals surface area contributed by atoms with E-state index in [1.165, 1.54) is 23.4 Å². The maximum absolute atomic E-state index is 12.6. The van der Waals surface area contributed by atoms with E-state index in [0.717, 1.165) is 5.71 Å². The molecular weight excluding hydrogens is 368 g/mol. The van der Waals surface area contributed by atoms with E-state index in [9.17, 15) is 18.0 Å². The molecule has 1 heterocycles. The lowest BCUT2D eigenvalue weighted by molar-refractivity contribution is -0.128. The first kappa shape index (κ1) is 21.0. The molecule has 1 aromatic carbocycles. The first-order chi connectivity index (χ1) is 12.8. The average molecular weight is 394 g/mol. The molecule has 0 unspecified atom stereocenters. The topological polar surface area (TPSA) is 99.2 Å². The fourth-order valence-corrected chi connectivity index (χ4v) is 4.40. The summed E-state index contributed by atoms with van der Waals surface area (Å²) >= 11 is 0. The molecule has 0 aromatic heterocycles. The van der Waals surface area contributed by atoms with Gasteiger partial charge in [-0.05, 0) is 18.2 Å². The van der Waals surface area contributed by atoms with E-state index in [-0.39, 0.29) is 16.4 Å². The first-order valence-electron chi connectivity index (χ1n) is 9.01. The molecule has 9 heteroatoms. The van der Waals surface area contributed by atoms with E-state index in [4.69, 9.17) is 0 Å². The van der Waals surface area contributed by atoms with E-state index >= 15 is 0 Å². The second kappa shape index (κ2) is 9.09. The Morgan fingerprint density at radius 3 is 2.37 bits per heavy atom. The fourth-order valence-electron chi connectivity index (χ4n) is 2.90. The molecular formula is C18H26N4O4S. The van der Waals surface area contributed by atoms with Crippen LogP contribution in [0.2, 0.25) is 0 Å². The summed E-state index contributed by atoms with van der Waals surface area (Å²) in [5.74, 6) is -0.433. The van der Waals surface area contributed by atoms with Crippen LogP contribution in [0.5, 0.6) is 0 Å². The van der Waals surface area contributed by atoms with Crippen molar-refractivity contribution < 1.29 is 18.0 Å². The van der Waals surface area contributed by atoms with Gasteiger partial charge in [-0.25, -0.2) is 13.8 Å². The molecule has 1 N–H and O–H groups in total. The van der Waals surface area contributed by atoms with Gasteiger partial charge in [0.15, 0.2) is 0 Å². The van der Waals surface area contributed by atoms with Crippen molar-refractivity contribution in [2.24, 2.45) is 5.10 Å². The SMILES string of the molecule is CCN(CC)S(=O)(=O)c1cccc(C(=O)NN=C2CCN(C(C)=O)CC2)c1. The molecule has 8 nitrogen and oxygen atoms in total. The number of piperidine rings is 1. The maximum atomic E-state index is 12.6. The second-order valence-corrected chi connectivity index (χ2v) is 8.18. The highest BCUT2D eigenvalue weighted by Gasteiger charge is 2.22. The highest BCUT2D eigenvalue weighted by Crippen LogP contribution is 2.17. The summed E-state index contributed by atoms with van der Waals surface area (Å²) in [6.45, 7) is 6.96. The Morgan fingerprint density at radius 2 is 1.81 bits per heavy atom. The third kappa shape index (κ3) is 5.14. The lowest BCUT2D eigenvalue weighted by atomic mass is 10.1. The Kier molecular flexibility index (Phi) is 7.09. The van der Waals surface area contributed by atoms with Crippen molar-refractivity contribution >= 4 is 27.5 Å². The number of carbonyl (C=O) groups excluding carboxylic acids is 2. The molecule has 0 atom stereocenters. The van der Waals surface area contributed by atoms with Crippen molar-refractivity contribution in [2.75, 3.05) is 26.2 Å². The summed E-state index contributed by atoms with van der Waals surface area (Å²) in [4.78, 5) is 25.5. The zero-order chi connectivity index (χ0) is 20.0. The normalized spacial score (nSPS) is 15.0. The van der Waals surface area contributed by atoms with Crippen molar-refractivity contribution in [3.63, 3.8) is 0 Å². The van der Waals surface area contributed by atoms with Gasteiger partial charge in [-0.3, -0.25) is 9.59 Å². The largest absolute Gasteiger partial charge is 0.342 e. The van der Waals surface area contributed by atoms with Crippen LogP contribution in [0.3, 0.4) is 0 Å². The second-order valence-electron chi connectivity index (χ2n) is 6.24. The maximum Gasteiger partial charge on any atom is 0.271 e. The third-order valence-electron chi connectivity index (χ3n) is 4.54. The number of likely N-dealkylation sites (tertiary alicyclic amines) is 1. The van der Waals surface area contributed by atoms with Gasteiger partial charge in [0.2, 0.25) is 15.9 Å². The van der Waals surface area contributed by atoms with Gasteiger partial charge in [-0.2, -0.15) is 9.41 Å². The number of hydrogen-bond donors (Lipinski definition) is 1. The Bertz CT molecular complexity index is 822. The molecule has 1 fully saturated rings. The molecule has 0 aliphatic carbocycles. The van der Waals surface area contributed by atoms with E-state index in [1.807, 2.05) is 0 Å². The number of amides is 2. The monoisotopic (exact) mass is 394 g/mol. The van der Waals surface area contributed by atoms with E-state index in [2.05, 4.69) is 10.5 Å². The predicted octanol–water partition coefficient (Wildman–Crippen LogP) is 1.45. The summed E-state index contributed by atoms with van der Waals surface area (Å²) in [5, 5.41) is 4.13. The van der Waals surface area contributed by atoms with Crippen molar-refractivity contribution in [1.29, 1.82) is 0 Å². The van der Waals surface area contributed by atoms with Gasteiger partial charge in [0, 0.05) is 57.2 Å². The first-order valence-corrected chi connectivity index (χ1v) is 10.4. The molecule has 1 aromatic rings. The van der Waals surface area contributed by atoms with Crippen LogP contribution in [0.25, 0.3) is 0 Å². The van der Waals surface area contributed by atoms with Gasteiger partial charge < -0.3 is 4.90 Å². The molecule has 148 valence electrons. The summed E-state index contributed by atoms with van der Waals surface area (Å²) in [6.07, 6.45) is 1.21. The van der Waals surface area contributed by atoms with Gasteiger partial charge in [-0.1, -0.05) is 19.9 Å². The lowest BCUT2D eigenvalue weighted by Crippen LogP contribution is -2.37. The minimum atomic E-state index is -3.63. The quantitative estimate of drug-likeness (QED) is 0.738. The molecule has 0 saturated carbocycles. The van der Waals surface area contributed by atoms with E-state index in [0.29, 0.717) is 39.0 Å². The lowest BCUT2D eigenvalue weighted by Gasteiger charge is -2.26. The van der Waals surface area contributed by atoms with Gasteiger partial charge >= 0.3 is 0 Å². The number of sulfonamides is 1. The van der Waals surface area contributed by atoms with Gasteiger partial charge in [0.1, 0.15) is 0 Å². The minimum Gasteiger partial charge on any atom is -0.342 e. The molecule has 1 aliphatic rings. The van der Waals surface area contributed by atoms with Crippen LogP contribution in [-0.4, -0.2) is 61.3 Å². The Labute approximate surface area is 160 Å². The van der Waals surface area contributed by atoms with Crippen molar-refractivity contribution in [2.45, 2.75) is 38.5 Å². The minimum absolute atomic E-state index is 0.0318. The highest BCUT2D eigenvalue weighted by molar-refractivity contribution is 7.89. The number of nitrogens with one attached hydrogen (secondary N) is 1. The number of benzene rings is 1. The molecule has 1 saturated heterocycles. The number of rotatable bonds is 6. The molecule has 1 aliphatic heterocycles. The number of hydrogen-bond acceptors (Lipinski definition) is 5. The standard InChI is InChI=1S/C18H26N4O4S/c1-4-22(5-2)27(25,26)17-8-6-7-15(13-17)18(24)20-19-16-9-11-21(12-10-16)14(3)23/h6-8,13H,4-5,9-12H2,1-3H3,(H,20,24). The van der Waals surface area contributed by atoms with Crippen LogP contribution >= 0.6 is 0 Å². The van der Waals surface area contributed by atoms with Gasteiger partial charge in [0.05, 0.1) is 4.90 Å². The molecule has 2 rings (SSSR count). The summed E-state index contributed by atoms with van der Waals surface area (Å²) in [5.41, 5.74) is 3.53. The summed E-state index contributed by atoms with van der Waals surface area (Å²) in [6, 6.07) is 5.94. The number of carbonyl (C=O) groups is 2. The van der Waals surface area contributed by atoms with Crippen molar-refractivity contribution in [3.05, 3.63) is 29.8 Å². The zero-order valence-corrected chi connectivity index (χ0v) is 16.8. The molecule has 27 heavy (non-hydrogen) atoms. The molecule has 0 spiro atoms. The third-order valence-corrected chi connectivity index (χ3v) is 6.59. The zero-order valence-electron chi connectivity index (χ0n) is 15.9.